The van der Waals surface area contributed by atoms with Gasteiger partial charge in [-0.1, -0.05) is 117 Å². The number of esters is 1. The molecule has 1 aliphatic heterocycles. The second kappa shape index (κ2) is 21.2. The Balaban J connectivity index is 1.95. The molecule has 1 aliphatic rings. The van der Waals surface area contributed by atoms with Gasteiger partial charge in [0.15, 0.2) is 8.32 Å². The number of amides is 3. The molecule has 0 spiro atoms. The van der Waals surface area contributed by atoms with E-state index in [1.165, 1.54) is 5.01 Å². The molecule has 0 aromatic heterocycles. The Bertz CT molecular complexity index is 1800. The van der Waals surface area contributed by atoms with E-state index < -0.39 is 64.6 Å². The SMILES string of the molecule is C=CCCOC(=O)C1CCCN(C(=O)C(Cc2cccc(O[Si](C)(C)C(C)(C)C)c2)NC(=O)C(NC(=O)[C@H](C)[C@H](O[Si](C)(C)C(C)(C)C)c2ccc(C=C)cc2)C(C)C)N1. The second-order valence-electron chi connectivity index (χ2n) is 19.5. The van der Waals surface area contributed by atoms with Gasteiger partial charge in [-0.3, -0.25) is 24.2 Å². The average Bonchev–Trinajstić information content (AvgIpc) is 3.17. The summed E-state index contributed by atoms with van der Waals surface area (Å²) in [6.07, 6.45) is 4.60. The fourth-order valence-electron chi connectivity index (χ4n) is 6.26. The van der Waals surface area contributed by atoms with Gasteiger partial charge in [0.2, 0.25) is 20.1 Å². The first-order valence-electron chi connectivity index (χ1n) is 21.5. The van der Waals surface area contributed by atoms with E-state index in [9.17, 15) is 19.2 Å². The number of carbonyl (C=O) groups excluding carboxylic acids is 4. The van der Waals surface area contributed by atoms with E-state index in [0.717, 1.165) is 16.7 Å². The highest BCUT2D eigenvalue weighted by molar-refractivity contribution is 6.75. The van der Waals surface area contributed by atoms with Gasteiger partial charge in [0, 0.05) is 13.0 Å². The van der Waals surface area contributed by atoms with Crippen molar-refractivity contribution in [1.82, 2.24) is 21.1 Å². The Kier molecular flexibility index (Phi) is 17.7. The van der Waals surface area contributed by atoms with E-state index in [-0.39, 0.29) is 34.9 Å². The summed E-state index contributed by atoms with van der Waals surface area (Å²) in [5, 5.41) is 7.33. The Morgan fingerprint density at radius 1 is 0.900 bits per heavy atom. The van der Waals surface area contributed by atoms with Crippen molar-refractivity contribution < 1.29 is 32.8 Å². The zero-order valence-electron chi connectivity index (χ0n) is 38.7. The topological polar surface area (TPSA) is 135 Å². The highest BCUT2D eigenvalue weighted by Crippen LogP contribution is 2.42. The maximum atomic E-state index is 14.5. The Hall–Kier alpha value is -4.05. The van der Waals surface area contributed by atoms with Gasteiger partial charge in [-0.2, -0.15) is 0 Å². The molecule has 0 radical (unpaired) electrons. The molecule has 5 atom stereocenters. The molecule has 3 rings (SSSR count). The monoisotopic (exact) mass is 863 g/mol. The third kappa shape index (κ3) is 13.7. The van der Waals surface area contributed by atoms with Crippen molar-refractivity contribution in [2.24, 2.45) is 11.8 Å². The summed E-state index contributed by atoms with van der Waals surface area (Å²) in [7, 11) is -4.55. The van der Waals surface area contributed by atoms with Crippen molar-refractivity contribution in [1.29, 1.82) is 0 Å². The summed E-state index contributed by atoms with van der Waals surface area (Å²) in [6, 6.07) is 12.7. The number of hydrazine groups is 1. The first-order valence-corrected chi connectivity index (χ1v) is 27.3. The Labute approximate surface area is 362 Å². The fraction of sp³-hybridized carbons (Fsp3) is 0.574. The van der Waals surface area contributed by atoms with Crippen LogP contribution in [0.2, 0.25) is 36.3 Å². The predicted molar refractivity (Wildman–Crippen MR) is 247 cm³/mol. The molecule has 3 unspecified atom stereocenters. The first-order chi connectivity index (χ1) is 27.8. The van der Waals surface area contributed by atoms with Crippen LogP contribution in [-0.2, 0) is 34.8 Å². The van der Waals surface area contributed by atoms with Gasteiger partial charge in [-0.15, -0.1) is 6.58 Å². The minimum atomic E-state index is -2.37. The summed E-state index contributed by atoms with van der Waals surface area (Å²) in [5.41, 5.74) is 5.67. The number of nitrogens with zero attached hydrogens (tertiary/aromatic N) is 1. The van der Waals surface area contributed by atoms with Crippen molar-refractivity contribution in [3.8, 4) is 5.75 Å². The zero-order chi connectivity index (χ0) is 45.2. The standard InChI is InChI=1S/C47H74N4O7Si2/c1-16-18-29-56-45(55)38-23-20-28-51(50-38)44(54)39(31-35-21-19-22-37(30-35)57-59(12,13)46(6,7)8)48-43(53)40(32(3)4)49-42(52)33(5)41(58-60(14,15)47(9,10)11)36-26-24-34(17-2)25-27-36/h16-17,19,21-22,24-27,30,32-33,38-41,50H,1-2,18,20,23,28-29,31H2,3-15H3,(H,48,53)(H,49,52)/t33-,38?,39?,40?,41+/m1/s1. The van der Waals surface area contributed by atoms with Crippen molar-refractivity contribution in [3.05, 3.63) is 84.5 Å². The lowest BCUT2D eigenvalue weighted by Crippen LogP contribution is -2.62. The van der Waals surface area contributed by atoms with E-state index in [2.05, 4.69) is 96.9 Å². The predicted octanol–water partition coefficient (Wildman–Crippen LogP) is 8.90. The minimum Gasteiger partial charge on any atom is -0.543 e. The summed E-state index contributed by atoms with van der Waals surface area (Å²) in [5.74, 6) is -1.98. The molecule has 3 amide bonds. The third-order valence-corrected chi connectivity index (χ3v) is 21.1. The molecular formula is C47H74N4O7Si2. The van der Waals surface area contributed by atoms with Crippen LogP contribution in [0.15, 0.2) is 67.8 Å². The van der Waals surface area contributed by atoms with E-state index in [1.807, 2.05) is 69.3 Å². The number of nitrogens with one attached hydrogen (secondary N) is 3. The van der Waals surface area contributed by atoms with Crippen LogP contribution in [0.5, 0.6) is 5.75 Å². The molecule has 3 N–H and O–H groups in total. The smallest absolute Gasteiger partial charge is 0.324 e. The number of ether oxygens (including phenoxy) is 1. The number of hydrogen-bond acceptors (Lipinski definition) is 8. The van der Waals surface area contributed by atoms with Crippen LogP contribution in [0.25, 0.3) is 6.08 Å². The molecule has 1 fully saturated rings. The molecule has 11 nitrogen and oxygen atoms in total. The highest BCUT2D eigenvalue weighted by Gasteiger charge is 2.43. The molecule has 1 heterocycles. The molecular weight excluding hydrogens is 789 g/mol. The van der Waals surface area contributed by atoms with Crippen LogP contribution >= 0.6 is 0 Å². The summed E-state index contributed by atoms with van der Waals surface area (Å²) in [4.78, 5) is 56.1. The third-order valence-electron chi connectivity index (χ3n) is 12.3. The van der Waals surface area contributed by atoms with Gasteiger partial charge in [-0.05, 0) is 90.3 Å². The number of hydrogen-bond donors (Lipinski definition) is 3. The van der Waals surface area contributed by atoms with Crippen LogP contribution in [0.3, 0.4) is 0 Å². The maximum absolute atomic E-state index is 14.5. The molecule has 0 saturated carbocycles. The van der Waals surface area contributed by atoms with Crippen molar-refractivity contribution in [2.75, 3.05) is 13.2 Å². The summed E-state index contributed by atoms with van der Waals surface area (Å²) < 4.78 is 19.0. The van der Waals surface area contributed by atoms with Crippen LogP contribution in [0.4, 0.5) is 0 Å². The van der Waals surface area contributed by atoms with Crippen LogP contribution in [-0.4, -0.2) is 76.6 Å². The molecule has 1 saturated heterocycles. The first kappa shape index (κ1) is 50.3. The zero-order valence-corrected chi connectivity index (χ0v) is 40.7. The van der Waals surface area contributed by atoms with Gasteiger partial charge in [0.05, 0.1) is 18.6 Å². The Morgan fingerprint density at radius 3 is 2.10 bits per heavy atom. The van der Waals surface area contributed by atoms with Crippen molar-refractivity contribution in [2.45, 2.75) is 148 Å². The van der Waals surface area contributed by atoms with E-state index in [4.69, 9.17) is 13.6 Å². The lowest BCUT2D eigenvalue weighted by Gasteiger charge is -2.41. The number of rotatable bonds is 19. The lowest BCUT2D eigenvalue weighted by atomic mass is 9.94. The summed E-state index contributed by atoms with van der Waals surface area (Å²) in [6.45, 7) is 35.3. The van der Waals surface area contributed by atoms with Gasteiger partial charge >= 0.3 is 5.97 Å². The van der Waals surface area contributed by atoms with E-state index >= 15 is 0 Å². The molecule has 60 heavy (non-hydrogen) atoms. The number of benzene rings is 2. The second-order valence-corrected chi connectivity index (χ2v) is 29.0. The van der Waals surface area contributed by atoms with Gasteiger partial charge in [0.1, 0.15) is 23.9 Å². The van der Waals surface area contributed by atoms with E-state index in [0.29, 0.717) is 31.6 Å². The minimum absolute atomic E-state index is 0.0282. The van der Waals surface area contributed by atoms with Gasteiger partial charge < -0.3 is 24.2 Å². The Morgan fingerprint density at radius 2 is 1.53 bits per heavy atom. The number of carbonyl (C=O) groups is 4. The largest absolute Gasteiger partial charge is 0.543 e. The van der Waals surface area contributed by atoms with Crippen molar-refractivity contribution in [3.63, 3.8) is 0 Å². The highest BCUT2D eigenvalue weighted by atomic mass is 28.4. The fourth-order valence-corrected chi connectivity index (χ4v) is 8.61. The molecule has 13 heteroatoms. The molecule has 0 bridgehead atoms. The lowest BCUT2D eigenvalue weighted by molar-refractivity contribution is -0.153. The average molecular weight is 863 g/mol. The molecule has 2 aromatic carbocycles. The summed E-state index contributed by atoms with van der Waals surface area (Å²) >= 11 is 0. The maximum Gasteiger partial charge on any atom is 0.324 e. The van der Waals surface area contributed by atoms with E-state index in [1.54, 1.807) is 12.2 Å². The molecule has 2 aromatic rings. The van der Waals surface area contributed by atoms with Crippen LogP contribution < -0.4 is 20.5 Å². The van der Waals surface area contributed by atoms with Gasteiger partial charge in [0.25, 0.3) is 5.91 Å². The molecule has 332 valence electrons. The van der Waals surface area contributed by atoms with Gasteiger partial charge in [-0.25, -0.2) is 5.43 Å². The van der Waals surface area contributed by atoms with Crippen molar-refractivity contribution >= 4 is 46.4 Å². The van der Waals surface area contributed by atoms with Crippen LogP contribution in [0, 0.1) is 11.8 Å². The molecule has 0 aliphatic carbocycles. The van der Waals surface area contributed by atoms with Crippen LogP contribution in [0.1, 0.15) is 104 Å². The normalized spacial score (nSPS) is 17.2. The quantitative estimate of drug-likeness (QED) is 0.0552.